The second-order valence-corrected chi connectivity index (χ2v) is 3.99. The highest BCUT2D eigenvalue weighted by Crippen LogP contribution is 2.33. The molecule has 0 unspecified atom stereocenters. The molecule has 1 heterocycles. The molecule has 12 heavy (non-hydrogen) atoms. The molecule has 0 atom stereocenters. The maximum absolute atomic E-state index is 3.45. The molecule has 0 radical (unpaired) electrons. The van der Waals surface area contributed by atoms with Crippen LogP contribution in [0.15, 0.2) is 22.9 Å². The Morgan fingerprint density at radius 2 is 2.17 bits per heavy atom. The van der Waals surface area contributed by atoms with E-state index in [2.05, 4.69) is 25.2 Å². The Kier molecular flexibility index (Phi) is 1.95. The normalized spacial score (nSPS) is 22.4. The van der Waals surface area contributed by atoms with Crippen LogP contribution in [-0.4, -0.2) is 6.54 Å². The summed E-state index contributed by atoms with van der Waals surface area (Å²) in [7, 11) is 0. The van der Waals surface area contributed by atoms with Gasteiger partial charge in [-0.05, 0) is 30.8 Å². The number of hydrogen-bond donors (Lipinski definition) is 1. The molecule has 0 amide bonds. The summed E-state index contributed by atoms with van der Waals surface area (Å²) < 4.78 is 0. The largest absolute Gasteiger partial charge is 0.385 e. The van der Waals surface area contributed by atoms with Gasteiger partial charge in [0.2, 0.25) is 0 Å². The number of nitrogens with one attached hydrogen (secondary N) is 1. The van der Waals surface area contributed by atoms with Crippen LogP contribution < -0.4 is 5.32 Å². The summed E-state index contributed by atoms with van der Waals surface area (Å²) >= 11 is 0. The average Bonchev–Trinajstić information content (AvgIpc) is 2.49. The van der Waals surface area contributed by atoms with Gasteiger partial charge >= 0.3 is 0 Å². The lowest BCUT2D eigenvalue weighted by Gasteiger charge is -2.19. The molecule has 2 rings (SSSR count). The molecule has 0 aromatic heterocycles. The zero-order chi connectivity index (χ0) is 8.55. The lowest BCUT2D eigenvalue weighted by atomic mass is 9.88. The lowest BCUT2D eigenvalue weighted by Crippen LogP contribution is -2.08. The third-order valence-corrected chi connectivity index (χ3v) is 2.86. The first-order chi connectivity index (χ1) is 5.79. The van der Waals surface area contributed by atoms with Gasteiger partial charge in [-0.1, -0.05) is 25.5 Å². The molecule has 0 aromatic carbocycles. The van der Waals surface area contributed by atoms with Gasteiger partial charge in [-0.25, -0.2) is 0 Å². The molecule has 66 valence electrons. The van der Waals surface area contributed by atoms with Crippen molar-refractivity contribution in [3.05, 3.63) is 22.9 Å². The van der Waals surface area contributed by atoms with Crippen molar-refractivity contribution in [2.24, 2.45) is 5.92 Å². The molecule has 1 nitrogen and oxygen atoms in total. The predicted octanol–water partition coefficient (Wildman–Crippen LogP) is 2.61. The second kappa shape index (κ2) is 2.96. The van der Waals surface area contributed by atoms with Crippen molar-refractivity contribution in [3.8, 4) is 0 Å². The molecule has 1 saturated heterocycles. The molecule has 0 bridgehead atoms. The highest BCUT2D eigenvalue weighted by atomic mass is 14.9. The fourth-order valence-electron chi connectivity index (χ4n) is 2.25. The SMILES string of the molecule is CC(C)C1=C2CCNC2=CCC1. The van der Waals surface area contributed by atoms with Crippen LogP contribution in [0.25, 0.3) is 0 Å². The fraction of sp³-hybridized carbons (Fsp3) is 0.636. The number of fused-ring (bicyclic) bond motifs is 1. The van der Waals surface area contributed by atoms with E-state index in [1.807, 2.05) is 0 Å². The zero-order valence-corrected chi connectivity index (χ0v) is 7.98. The summed E-state index contributed by atoms with van der Waals surface area (Å²) in [6, 6.07) is 0. The molecule has 1 fully saturated rings. The Labute approximate surface area is 74.5 Å². The molecule has 0 saturated carbocycles. The van der Waals surface area contributed by atoms with Gasteiger partial charge in [-0.2, -0.15) is 0 Å². The standard InChI is InChI=1S/C11H17N/c1-8(2)9-4-3-5-11-10(9)6-7-12-11/h5,8,12H,3-4,6-7H2,1-2H3. The summed E-state index contributed by atoms with van der Waals surface area (Å²) in [4.78, 5) is 0. The smallest absolute Gasteiger partial charge is 0.0332 e. The molecule has 2 aliphatic rings. The van der Waals surface area contributed by atoms with E-state index in [0.29, 0.717) is 0 Å². The molecule has 1 aliphatic heterocycles. The molecule has 1 aliphatic carbocycles. The van der Waals surface area contributed by atoms with Gasteiger partial charge in [0.15, 0.2) is 0 Å². The molecule has 0 spiro atoms. The zero-order valence-electron chi connectivity index (χ0n) is 7.98. The highest BCUT2D eigenvalue weighted by Gasteiger charge is 2.21. The number of rotatable bonds is 1. The monoisotopic (exact) mass is 163 g/mol. The summed E-state index contributed by atoms with van der Waals surface area (Å²) in [5.41, 5.74) is 4.75. The Bertz CT molecular complexity index is 246. The predicted molar refractivity (Wildman–Crippen MR) is 51.8 cm³/mol. The van der Waals surface area contributed by atoms with Gasteiger partial charge in [-0.15, -0.1) is 0 Å². The van der Waals surface area contributed by atoms with Gasteiger partial charge in [0.1, 0.15) is 0 Å². The first kappa shape index (κ1) is 7.90. The molecular weight excluding hydrogens is 146 g/mol. The van der Waals surface area contributed by atoms with Crippen LogP contribution in [0.5, 0.6) is 0 Å². The van der Waals surface area contributed by atoms with Crippen LogP contribution in [0.4, 0.5) is 0 Å². The highest BCUT2D eigenvalue weighted by molar-refractivity contribution is 5.41. The summed E-state index contributed by atoms with van der Waals surface area (Å²) in [5.74, 6) is 0.739. The Hall–Kier alpha value is -0.720. The van der Waals surface area contributed by atoms with Crippen LogP contribution >= 0.6 is 0 Å². The van der Waals surface area contributed by atoms with Crippen LogP contribution in [0.1, 0.15) is 33.1 Å². The Morgan fingerprint density at radius 3 is 2.92 bits per heavy atom. The van der Waals surface area contributed by atoms with Crippen LogP contribution in [-0.2, 0) is 0 Å². The maximum atomic E-state index is 3.45. The van der Waals surface area contributed by atoms with Crippen LogP contribution in [0, 0.1) is 5.92 Å². The van der Waals surface area contributed by atoms with Crippen molar-refractivity contribution < 1.29 is 0 Å². The molecular formula is C11H17N. The van der Waals surface area contributed by atoms with Crippen molar-refractivity contribution in [2.45, 2.75) is 33.1 Å². The first-order valence-corrected chi connectivity index (χ1v) is 4.95. The lowest BCUT2D eigenvalue weighted by molar-refractivity contribution is 0.692. The third kappa shape index (κ3) is 1.17. The van der Waals surface area contributed by atoms with E-state index in [0.717, 1.165) is 12.5 Å². The third-order valence-electron chi connectivity index (χ3n) is 2.86. The van der Waals surface area contributed by atoms with Crippen LogP contribution in [0.3, 0.4) is 0 Å². The molecule has 0 aromatic rings. The van der Waals surface area contributed by atoms with Gasteiger partial charge < -0.3 is 5.32 Å². The van der Waals surface area contributed by atoms with E-state index >= 15 is 0 Å². The molecule has 1 N–H and O–H groups in total. The van der Waals surface area contributed by atoms with E-state index < -0.39 is 0 Å². The Morgan fingerprint density at radius 1 is 1.33 bits per heavy atom. The van der Waals surface area contributed by atoms with Gasteiger partial charge in [0, 0.05) is 12.2 Å². The van der Waals surface area contributed by atoms with Crippen LogP contribution in [0.2, 0.25) is 0 Å². The van der Waals surface area contributed by atoms with Crippen molar-refractivity contribution in [1.82, 2.24) is 5.32 Å². The van der Waals surface area contributed by atoms with E-state index in [9.17, 15) is 0 Å². The van der Waals surface area contributed by atoms with Crippen molar-refractivity contribution in [1.29, 1.82) is 0 Å². The fourth-order valence-corrected chi connectivity index (χ4v) is 2.25. The minimum Gasteiger partial charge on any atom is -0.385 e. The average molecular weight is 163 g/mol. The first-order valence-electron chi connectivity index (χ1n) is 4.95. The van der Waals surface area contributed by atoms with Gasteiger partial charge in [0.25, 0.3) is 0 Å². The summed E-state index contributed by atoms with van der Waals surface area (Å²) in [5, 5.41) is 3.45. The van der Waals surface area contributed by atoms with Crippen molar-refractivity contribution in [2.75, 3.05) is 6.54 Å². The second-order valence-electron chi connectivity index (χ2n) is 3.99. The van der Waals surface area contributed by atoms with Crippen molar-refractivity contribution >= 4 is 0 Å². The van der Waals surface area contributed by atoms with E-state index in [1.165, 1.54) is 25.0 Å². The van der Waals surface area contributed by atoms with E-state index in [1.54, 1.807) is 11.1 Å². The molecule has 1 heteroatoms. The minimum atomic E-state index is 0.739. The summed E-state index contributed by atoms with van der Waals surface area (Å²) in [6.45, 7) is 5.77. The van der Waals surface area contributed by atoms with E-state index in [-0.39, 0.29) is 0 Å². The number of hydrogen-bond acceptors (Lipinski definition) is 1. The number of allylic oxidation sites excluding steroid dienone is 3. The topological polar surface area (TPSA) is 12.0 Å². The Balaban J connectivity index is 2.34. The maximum Gasteiger partial charge on any atom is 0.0332 e. The quantitative estimate of drug-likeness (QED) is 0.626. The van der Waals surface area contributed by atoms with Gasteiger partial charge in [0.05, 0.1) is 0 Å². The minimum absolute atomic E-state index is 0.739. The van der Waals surface area contributed by atoms with E-state index in [4.69, 9.17) is 0 Å². The van der Waals surface area contributed by atoms with Crippen molar-refractivity contribution in [3.63, 3.8) is 0 Å². The summed E-state index contributed by atoms with van der Waals surface area (Å²) in [6.07, 6.45) is 6.13. The van der Waals surface area contributed by atoms with Gasteiger partial charge in [-0.3, -0.25) is 0 Å².